The monoisotopic (exact) mass is 323 g/mol. The van der Waals surface area contributed by atoms with Gasteiger partial charge in [-0.25, -0.2) is 13.4 Å². The lowest BCUT2D eigenvalue weighted by atomic mass is 10.1. The zero-order chi connectivity index (χ0) is 15.6. The van der Waals surface area contributed by atoms with Crippen LogP contribution < -0.4 is 0 Å². The fourth-order valence-corrected chi connectivity index (χ4v) is 4.42. The Morgan fingerprint density at radius 3 is 2.86 bits per heavy atom. The molecule has 1 aliphatic rings. The van der Waals surface area contributed by atoms with Crippen molar-refractivity contribution in [1.82, 2.24) is 23.6 Å². The third-order valence-electron chi connectivity index (χ3n) is 3.90. The number of aromatic nitrogens is 4. The van der Waals surface area contributed by atoms with E-state index in [0.29, 0.717) is 26.1 Å². The molecule has 0 fully saturated rings. The van der Waals surface area contributed by atoms with E-state index in [-0.39, 0.29) is 11.7 Å². The minimum absolute atomic E-state index is 0.169. The van der Waals surface area contributed by atoms with Gasteiger partial charge in [0.15, 0.2) is 0 Å². The highest BCUT2D eigenvalue weighted by Crippen LogP contribution is 2.20. The molecule has 1 unspecified atom stereocenters. The van der Waals surface area contributed by atoms with Crippen molar-refractivity contribution in [2.24, 2.45) is 5.92 Å². The summed E-state index contributed by atoms with van der Waals surface area (Å²) in [5, 5.41) is 4.23. The maximum Gasteiger partial charge on any atom is 0.214 e. The first-order chi connectivity index (χ1) is 10.6. The molecule has 0 radical (unpaired) electrons. The van der Waals surface area contributed by atoms with Gasteiger partial charge in [0.1, 0.15) is 5.82 Å². The van der Waals surface area contributed by atoms with Crippen LogP contribution in [0.5, 0.6) is 0 Å². The number of imidazole rings is 1. The number of nitrogens with zero attached hydrogens (tertiary/aromatic N) is 5. The standard InChI is InChI=1S/C14H21N5O2S/c1-2-8-22(20,21)19-11-13(10-18-6-3-4-16-18)9-17-7-5-15-14(17)12-19/h3-7,13H,2,8-12H2,1H3. The lowest BCUT2D eigenvalue weighted by Gasteiger charge is -2.23. The van der Waals surface area contributed by atoms with E-state index < -0.39 is 10.0 Å². The molecule has 0 amide bonds. The van der Waals surface area contributed by atoms with E-state index in [4.69, 9.17) is 0 Å². The molecule has 0 bridgehead atoms. The third-order valence-corrected chi connectivity index (χ3v) is 5.89. The van der Waals surface area contributed by atoms with Crippen LogP contribution in [0.15, 0.2) is 30.9 Å². The molecule has 3 heterocycles. The van der Waals surface area contributed by atoms with E-state index in [1.807, 2.05) is 30.1 Å². The van der Waals surface area contributed by atoms with Gasteiger partial charge in [-0.2, -0.15) is 9.40 Å². The smallest absolute Gasteiger partial charge is 0.214 e. The Hall–Kier alpha value is -1.67. The number of rotatable bonds is 5. The maximum atomic E-state index is 12.5. The molecule has 2 aromatic heterocycles. The van der Waals surface area contributed by atoms with Crippen LogP contribution in [-0.4, -0.2) is 44.4 Å². The van der Waals surface area contributed by atoms with Crippen LogP contribution in [0.25, 0.3) is 0 Å². The SMILES string of the molecule is CCCS(=O)(=O)N1Cc2nccn2CC(Cn2cccn2)C1. The predicted molar refractivity (Wildman–Crippen MR) is 82.4 cm³/mol. The van der Waals surface area contributed by atoms with Crippen molar-refractivity contribution in [3.8, 4) is 0 Å². The Labute approximate surface area is 130 Å². The molecule has 0 saturated heterocycles. The summed E-state index contributed by atoms with van der Waals surface area (Å²) in [7, 11) is -3.24. The Morgan fingerprint density at radius 1 is 1.27 bits per heavy atom. The molecule has 0 spiro atoms. The molecule has 120 valence electrons. The number of sulfonamides is 1. The number of hydrogen-bond acceptors (Lipinski definition) is 4. The van der Waals surface area contributed by atoms with Crippen LogP contribution >= 0.6 is 0 Å². The van der Waals surface area contributed by atoms with Gasteiger partial charge in [-0.15, -0.1) is 0 Å². The number of fused-ring (bicyclic) bond motifs is 1. The van der Waals surface area contributed by atoms with Crippen molar-refractivity contribution >= 4 is 10.0 Å². The summed E-state index contributed by atoms with van der Waals surface area (Å²) in [6.45, 7) is 4.20. The van der Waals surface area contributed by atoms with Crippen LogP contribution in [-0.2, 0) is 29.7 Å². The van der Waals surface area contributed by atoms with Crippen molar-refractivity contribution in [2.75, 3.05) is 12.3 Å². The van der Waals surface area contributed by atoms with Crippen molar-refractivity contribution in [3.63, 3.8) is 0 Å². The summed E-state index contributed by atoms with van der Waals surface area (Å²) < 4.78 is 30.5. The zero-order valence-electron chi connectivity index (χ0n) is 12.7. The molecule has 3 rings (SSSR count). The van der Waals surface area contributed by atoms with Crippen molar-refractivity contribution in [2.45, 2.75) is 33.0 Å². The summed E-state index contributed by atoms with van der Waals surface area (Å²) >= 11 is 0. The first-order valence-electron chi connectivity index (χ1n) is 7.53. The van der Waals surface area contributed by atoms with Crippen LogP contribution in [0, 0.1) is 5.92 Å². The van der Waals surface area contributed by atoms with Crippen LogP contribution in [0.1, 0.15) is 19.2 Å². The molecular weight excluding hydrogens is 302 g/mol. The van der Waals surface area contributed by atoms with Gasteiger partial charge in [-0.1, -0.05) is 6.92 Å². The molecule has 0 N–H and O–H groups in total. The first kappa shape index (κ1) is 15.2. The van der Waals surface area contributed by atoms with Gasteiger partial charge in [0.2, 0.25) is 10.0 Å². The molecule has 1 atom stereocenters. The Morgan fingerprint density at radius 2 is 2.14 bits per heavy atom. The third kappa shape index (κ3) is 3.22. The second kappa shape index (κ2) is 6.21. The Bertz CT molecular complexity index is 707. The summed E-state index contributed by atoms with van der Waals surface area (Å²) in [5.74, 6) is 1.16. The maximum absolute atomic E-state index is 12.5. The van der Waals surface area contributed by atoms with Gasteiger partial charge < -0.3 is 4.57 Å². The van der Waals surface area contributed by atoms with Crippen LogP contribution in [0.3, 0.4) is 0 Å². The Balaban J connectivity index is 1.86. The van der Waals surface area contributed by atoms with E-state index in [1.165, 1.54) is 0 Å². The topological polar surface area (TPSA) is 73.0 Å². The highest BCUT2D eigenvalue weighted by molar-refractivity contribution is 7.89. The van der Waals surface area contributed by atoms with Gasteiger partial charge in [-0.05, 0) is 12.5 Å². The van der Waals surface area contributed by atoms with E-state index in [2.05, 4.69) is 14.6 Å². The molecule has 0 aliphatic carbocycles. The summed E-state index contributed by atoms with van der Waals surface area (Å²) in [6.07, 6.45) is 7.92. The van der Waals surface area contributed by atoms with E-state index >= 15 is 0 Å². The Kier molecular flexibility index (Phi) is 4.30. The normalized spacial score (nSPS) is 19.8. The lowest BCUT2D eigenvalue weighted by molar-refractivity contribution is 0.302. The summed E-state index contributed by atoms with van der Waals surface area (Å²) in [4.78, 5) is 4.31. The minimum Gasteiger partial charge on any atom is -0.333 e. The fourth-order valence-electron chi connectivity index (χ4n) is 2.89. The number of hydrogen-bond donors (Lipinski definition) is 0. The molecule has 0 saturated carbocycles. The van der Waals surface area contributed by atoms with E-state index in [9.17, 15) is 8.42 Å². The average Bonchev–Trinajstić information content (AvgIpc) is 3.08. The highest BCUT2D eigenvalue weighted by Gasteiger charge is 2.29. The summed E-state index contributed by atoms with van der Waals surface area (Å²) in [6, 6.07) is 1.88. The zero-order valence-corrected chi connectivity index (χ0v) is 13.5. The second-order valence-corrected chi connectivity index (χ2v) is 7.79. The summed E-state index contributed by atoms with van der Waals surface area (Å²) in [5.41, 5.74) is 0. The van der Waals surface area contributed by atoms with Gasteiger partial charge >= 0.3 is 0 Å². The van der Waals surface area contributed by atoms with Crippen molar-refractivity contribution in [1.29, 1.82) is 0 Å². The van der Waals surface area contributed by atoms with E-state index in [0.717, 1.165) is 12.4 Å². The molecular formula is C14H21N5O2S. The molecule has 7 nitrogen and oxygen atoms in total. The molecule has 0 aromatic carbocycles. The van der Waals surface area contributed by atoms with Gasteiger partial charge in [0.05, 0.1) is 12.3 Å². The van der Waals surface area contributed by atoms with Crippen molar-refractivity contribution < 1.29 is 8.42 Å². The van der Waals surface area contributed by atoms with Gasteiger partial charge in [0.25, 0.3) is 0 Å². The predicted octanol–water partition coefficient (Wildman–Crippen LogP) is 0.951. The quantitative estimate of drug-likeness (QED) is 0.821. The van der Waals surface area contributed by atoms with Gasteiger partial charge in [-0.3, -0.25) is 4.68 Å². The fraction of sp³-hybridized carbons (Fsp3) is 0.571. The van der Waals surface area contributed by atoms with Gasteiger partial charge in [0, 0.05) is 50.3 Å². The minimum atomic E-state index is -3.24. The average molecular weight is 323 g/mol. The van der Waals surface area contributed by atoms with E-state index in [1.54, 1.807) is 16.7 Å². The first-order valence-corrected chi connectivity index (χ1v) is 9.14. The molecule has 2 aromatic rings. The molecule has 8 heteroatoms. The van der Waals surface area contributed by atoms with Crippen LogP contribution in [0.4, 0.5) is 0 Å². The molecule has 22 heavy (non-hydrogen) atoms. The largest absolute Gasteiger partial charge is 0.333 e. The molecule has 1 aliphatic heterocycles. The highest BCUT2D eigenvalue weighted by atomic mass is 32.2. The lowest BCUT2D eigenvalue weighted by Crippen LogP contribution is -2.36. The van der Waals surface area contributed by atoms with Crippen LogP contribution in [0.2, 0.25) is 0 Å². The second-order valence-electron chi connectivity index (χ2n) is 5.70. The van der Waals surface area contributed by atoms with Crippen molar-refractivity contribution in [3.05, 3.63) is 36.7 Å².